The predicted molar refractivity (Wildman–Crippen MR) is 32.5 cm³/mol. The van der Waals surface area contributed by atoms with Gasteiger partial charge in [-0.2, -0.15) is 0 Å². The van der Waals surface area contributed by atoms with Crippen LogP contribution in [0.1, 0.15) is 6.92 Å². The lowest BCUT2D eigenvalue weighted by atomic mass is 10.3. The first kappa shape index (κ1) is 7.08. The topological polar surface area (TPSA) is 29.5 Å². The molecular formula is C6H10O2. The van der Waals surface area contributed by atoms with E-state index in [0.29, 0.717) is 0 Å². The highest BCUT2D eigenvalue weighted by atomic mass is 16.5. The predicted octanol–water partition coefficient (Wildman–Crippen LogP) is 1.61. The van der Waals surface area contributed by atoms with Gasteiger partial charge in [0.2, 0.25) is 0 Å². The molecule has 0 aromatic rings. The summed E-state index contributed by atoms with van der Waals surface area (Å²) in [6.45, 7) is 1.77. The van der Waals surface area contributed by atoms with Crippen molar-refractivity contribution in [3.63, 3.8) is 0 Å². The van der Waals surface area contributed by atoms with Gasteiger partial charge < -0.3 is 9.84 Å². The van der Waals surface area contributed by atoms with Crippen molar-refractivity contribution in [3.05, 3.63) is 24.2 Å². The van der Waals surface area contributed by atoms with E-state index in [1.807, 2.05) is 0 Å². The van der Waals surface area contributed by atoms with Crippen molar-refractivity contribution >= 4 is 0 Å². The highest BCUT2D eigenvalue weighted by Gasteiger charge is 1.74. The standard InChI is InChI=1S/C6H10O2/c1-6(5-7)3-4-8-2/h3-5,7H,1-2H3. The van der Waals surface area contributed by atoms with Crippen LogP contribution in [0.4, 0.5) is 0 Å². The molecule has 0 saturated heterocycles. The molecule has 0 radical (unpaired) electrons. The van der Waals surface area contributed by atoms with Crippen LogP contribution >= 0.6 is 0 Å². The summed E-state index contributed by atoms with van der Waals surface area (Å²) < 4.78 is 4.58. The zero-order chi connectivity index (χ0) is 6.41. The van der Waals surface area contributed by atoms with Crippen LogP contribution in [0.15, 0.2) is 24.2 Å². The SMILES string of the molecule is COC=CC(C)=CO. The number of aliphatic hydroxyl groups excluding tert-OH is 1. The van der Waals surface area contributed by atoms with Crippen LogP contribution < -0.4 is 0 Å². The summed E-state index contributed by atoms with van der Waals surface area (Å²) in [5.41, 5.74) is 0.770. The minimum Gasteiger partial charge on any atom is -0.515 e. The second-order valence-corrected chi connectivity index (χ2v) is 1.41. The summed E-state index contributed by atoms with van der Waals surface area (Å²) in [5.74, 6) is 0. The third-order valence-electron chi connectivity index (χ3n) is 0.671. The van der Waals surface area contributed by atoms with Crippen molar-refractivity contribution in [2.45, 2.75) is 6.92 Å². The summed E-state index contributed by atoms with van der Waals surface area (Å²) in [6.07, 6.45) is 4.19. The van der Waals surface area contributed by atoms with Gasteiger partial charge in [0.1, 0.15) is 0 Å². The number of methoxy groups -OCH3 is 1. The molecule has 0 heterocycles. The van der Waals surface area contributed by atoms with Crippen LogP contribution in [-0.2, 0) is 4.74 Å². The third kappa shape index (κ3) is 3.28. The van der Waals surface area contributed by atoms with Crippen molar-refractivity contribution in [2.75, 3.05) is 7.11 Å². The molecule has 0 fully saturated rings. The lowest BCUT2D eigenvalue weighted by Crippen LogP contribution is -1.68. The van der Waals surface area contributed by atoms with E-state index >= 15 is 0 Å². The molecule has 0 saturated carbocycles. The Labute approximate surface area is 49.1 Å². The number of rotatable bonds is 2. The quantitative estimate of drug-likeness (QED) is 0.436. The van der Waals surface area contributed by atoms with Gasteiger partial charge >= 0.3 is 0 Å². The highest BCUT2D eigenvalue weighted by molar-refractivity contribution is 5.10. The first-order valence-corrected chi connectivity index (χ1v) is 2.31. The van der Waals surface area contributed by atoms with E-state index in [1.165, 1.54) is 6.26 Å². The maximum atomic E-state index is 8.29. The Morgan fingerprint density at radius 3 is 2.62 bits per heavy atom. The number of ether oxygens (including phenoxy) is 1. The van der Waals surface area contributed by atoms with E-state index in [0.717, 1.165) is 11.8 Å². The summed E-state index contributed by atoms with van der Waals surface area (Å²) in [7, 11) is 1.56. The first-order valence-electron chi connectivity index (χ1n) is 2.31. The molecule has 0 aromatic carbocycles. The minimum atomic E-state index is 0.770. The molecule has 0 aromatic heterocycles. The number of allylic oxidation sites excluding steroid dienone is 2. The van der Waals surface area contributed by atoms with Gasteiger partial charge in [-0.15, -0.1) is 0 Å². The third-order valence-corrected chi connectivity index (χ3v) is 0.671. The Morgan fingerprint density at radius 2 is 2.25 bits per heavy atom. The lowest BCUT2D eigenvalue weighted by molar-refractivity contribution is 0.337. The highest BCUT2D eigenvalue weighted by Crippen LogP contribution is 1.90. The van der Waals surface area contributed by atoms with E-state index < -0.39 is 0 Å². The smallest absolute Gasteiger partial charge is 0.0828 e. The maximum absolute atomic E-state index is 8.29. The Hall–Kier alpha value is -0.920. The Bertz CT molecular complexity index is 103. The molecule has 46 valence electrons. The Balaban J connectivity index is 3.53. The van der Waals surface area contributed by atoms with Crippen LogP contribution in [0.2, 0.25) is 0 Å². The Kier molecular flexibility index (Phi) is 3.76. The Morgan fingerprint density at radius 1 is 1.62 bits per heavy atom. The van der Waals surface area contributed by atoms with Gasteiger partial charge in [-0.25, -0.2) is 0 Å². The molecule has 0 bridgehead atoms. The lowest BCUT2D eigenvalue weighted by Gasteiger charge is -1.85. The van der Waals surface area contributed by atoms with Gasteiger partial charge in [-0.3, -0.25) is 0 Å². The van der Waals surface area contributed by atoms with Crippen molar-refractivity contribution in [1.82, 2.24) is 0 Å². The van der Waals surface area contributed by atoms with Crippen LogP contribution in [0.5, 0.6) is 0 Å². The van der Waals surface area contributed by atoms with Gasteiger partial charge in [0.15, 0.2) is 0 Å². The molecule has 0 aliphatic heterocycles. The van der Waals surface area contributed by atoms with Crippen molar-refractivity contribution < 1.29 is 9.84 Å². The van der Waals surface area contributed by atoms with Crippen molar-refractivity contribution in [1.29, 1.82) is 0 Å². The van der Waals surface area contributed by atoms with Crippen molar-refractivity contribution in [2.24, 2.45) is 0 Å². The maximum Gasteiger partial charge on any atom is 0.0828 e. The number of hydrogen-bond acceptors (Lipinski definition) is 2. The molecule has 0 amide bonds. The van der Waals surface area contributed by atoms with Crippen LogP contribution in [0.25, 0.3) is 0 Å². The zero-order valence-electron chi connectivity index (χ0n) is 5.09. The van der Waals surface area contributed by atoms with Gasteiger partial charge in [0.05, 0.1) is 19.6 Å². The second-order valence-electron chi connectivity index (χ2n) is 1.41. The van der Waals surface area contributed by atoms with E-state index in [9.17, 15) is 0 Å². The molecule has 0 aliphatic rings. The van der Waals surface area contributed by atoms with Crippen molar-refractivity contribution in [3.8, 4) is 0 Å². The molecule has 0 unspecified atom stereocenters. The van der Waals surface area contributed by atoms with E-state index in [1.54, 1.807) is 20.1 Å². The summed E-state index contributed by atoms with van der Waals surface area (Å²) >= 11 is 0. The van der Waals surface area contributed by atoms with Gasteiger partial charge in [0.25, 0.3) is 0 Å². The fourth-order valence-electron chi connectivity index (χ4n) is 0.218. The number of hydrogen-bond donors (Lipinski definition) is 1. The molecule has 2 nitrogen and oxygen atoms in total. The summed E-state index contributed by atoms with van der Waals surface area (Å²) in [5, 5.41) is 8.29. The average molecular weight is 114 g/mol. The van der Waals surface area contributed by atoms with E-state index in [-0.39, 0.29) is 0 Å². The molecular weight excluding hydrogens is 104 g/mol. The molecule has 1 N–H and O–H groups in total. The summed E-state index contributed by atoms with van der Waals surface area (Å²) in [6, 6.07) is 0. The van der Waals surface area contributed by atoms with Crippen LogP contribution in [0.3, 0.4) is 0 Å². The van der Waals surface area contributed by atoms with Gasteiger partial charge in [-0.1, -0.05) is 0 Å². The minimum absolute atomic E-state index is 0.770. The van der Waals surface area contributed by atoms with Crippen LogP contribution in [-0.4, -0.2) is 12.2 Å². The molecule has 8 heavy (non-hydrogen) atoms. The largest absolute Gasteiger partial charge is 0.515 e. The summed E-state index contributed by atoms with van der Waals surface area (Å²) in [4.78, 5) is 0. The molecule has 0 spiro atoms. The molecule has 2 heteroatoms. The zero-order valence-corrected chi connectivity index (χ0v) is 5.09. The first-order chi connectivity index (χ1) is 3.81. The fourth-order valence-corrected chi connectivity index (χ4v) is 0.218. The monoisotopic (exact) mass is 114 g/mol. The fraction of sp³-hybridized carbons (Fsp3) is 0.333. The molecule has 0 rings (SSSR count). The molecule has 0 aliphatic carbocycles. The van der Waals surface area contributed by atoms with Gasteiger partial charge in [-0.05, 0) is 18.6 Å². The normalized spacial score (nSPS) is 12.5. The average Bonchev–Trinajstić information content (AvgIpc) is 1.83. The van der Waals surface area contributed by atoms with Gasteiger partial charge in [0, 0.05) is 0 Å². The van der Waals surface area contributed by atoms with E-state index in [2.05, 4.69) is 4.74 Å². The second kappa shape index (κ2) is 4.24. The van der Waals surface area contributed by atoms with E-state index in [4.69, 9.17) is 5.11 Å². The molecule has 0 atom stereocenters. The van der Waals surface area contributed by atoms with Crippen LogP contribution in [0, 0.1) is 0 Å². The number of aliphatic hydroxyl groups is 1.